The molecule has 3 N–H and O–H groups in total. The van der Waals surface area contributed by atoms with Gasteiger partial charge in [0, 0.05) is 12.8 Å². The van der Waals surface area contributed by atoms with Gasteiger partial charge in [0.2, 0.25) is 5.91 Å². The number of amides is 1. The first-order chi connectivity index (χ1) is 35.5. The summed E-state index contributed by atoms with van der Waals surface area (Å²) in [5, 5.41) is 23.4. The first-order valence-corrected chi connectivity index (χ1v) is 32.9. The second kappa shape index (κ2) is 62.1. The molecule has 6 nitrogen and oxygen atoms in total. The van der Waals surface area contributed by atoms with Crippen LogP contribution in [0, 0.1) is 0 Å². The Hall–Kier alpha value is -1.40. The topological polar surface area (TPSA) is 95.9 Å². The lowest BCUT2D eigenvalue weighted by atomic mass is 10.0. The molecule has 0 aromatic carbocycles. The Kier molecular flexibility index (Phi) is 60.9. The number of carbonyl (C=O) groups is 2. The first-order valence-electron chi connectivity index (χ1n) is 32.9. The van der Waals surface area contributed by atoms with E-state index in [2.05, 4.69) is 31.3 Å². The van der Waals surface area contributed by atoms with Crippen molar-refractivity contribution in [3.8, 4) is 0 Å². The fraction of sp³-hybridized carbons (Fsp3) is 0.939. The zero-order chi connectivity index (χ0) is 52.2. The van der Waals surface area contributed by atoms with Crippen molar-refractivity contribution in [3.63, 3.8) is 0 Å². The van der Waals surface area contributed by atoms with Gasteiger partial charge in [-0.1, -0.05) is 321 Å². The molecule has 2 atom stereocenters. The minimum atomic E-state index is -0.673. The fourth-order valence-corrected chi connectivity index (χ4v) is 10.5. The normalized spacial score (nSPS) is 12.6. The molecule has 2 unspecified atom stereocenters. The molecule has 0 aliphatic heterocycles. The lowest BCUT2D eigenvalue weighted by Gasteiger charge is -2.22. The zero-order valence-electron chi connectivity index (χ0n) is 48.9. The van der Waals surface area contributed by atoms with E-state index in [-0.39, 0.29) is 18.5 Å². The minimum absolute atomic E-state index is 0.00848. The van der Waals surface area contributed by atoms with E-state index in [0.717, 1.165) is 51.4 Å². The van der Waals surface area contributed by atoms with Crippen molar-refractivity contribution in [3.05, 3.63) is 12.2 Å². The van der Waals surface area contributed by atoms with Crippen molar-refractivity contribution in [1.82, 2.24) is 5.32 Å². The number of carbonyl (C=O) groups excluding carboxylic acids is 2. The Morgan fingerprint density at radius 2 is 0.653 bits per heavy atom. The van der Waals surface area contributed by atoms with E-state index in [1.807, 2.05) is 0 Å². The van der Waals surface area contributed by atoms with Crippen molar-refractivity contribution in [1.29, 1.82) is 0 Å². The number of aliphatic hydroxyl groups is 2. The second-order valence-electron chi connectivity index (χ2n) is 22.8. The Morgan fingerprint density at radius 1 is 0.375 bits per heavy atom. The maximum Gasteiger partial charge on any atom is 0.305 e. The highest BCUT2D eigenvalue weighted by Crippen LogP contribution is 2.18. The minimum Gasteiger partial charge on any atom is -0.466 e. The van der Waals surface area contributed by atoms with Crippen molar-refractivity contribution in [2.45, 2.75) is 386 Å². The van der Waals surface area contributed by atoms with Gasteiger partial charge in [0.05, 0.1) is 25.4 Å². The standard InChI is InChI=1S/C66H129NO5/c1-3-5-7-9-11-13-15-17-19-21-23-26-30-34-38-42-46-50-54-58-64(69)63(62-68)67-65(70)59-55-51-47-43-39-35-31-27-24-25-29-33-37-41-45-49-53-57-61-72-66(71)60-56-52-48-44-40-36-32-28-22-20-18-16-14-12-10-8-6-4-2/h27,31,63-64,68-69H,3-26,28-30,32-62H2,1-2H3,(H,67,70)/b31-27-. The third-order valence-corrected chi connectivity index (χ3v) is 15.6. The van der Waals surface area contributed by atoms with E-state index in [0.29, 0.717) is 25.9 Å². The number of hydrogen-bond donors (Lipinski definition) is 3. The summed E-state index contributed by atoms with van der Waals surface area (Å²) in [6.45, 7) is 4.98. The summed E-state index contributed by atoms with van der Waals surface area (Å²) in [6, 6.07) is -0.552. The molecule has 0 rings (SSSR count). The molecule has 0 aliphatic carbocycles. The van der Waals surface area contributed by atoms with Crippen LogP contribution in [0.1, 0.15) is 373 Å². The van der Waals surface area contributed by atoms with Crippen LogP contribution in [0.5, 0.6) is 0 Å². The third-order valence-electron chi connectivity index (χ3n) is 15.6. The van der Waals surface area contributed by atoms with Gasteiger partial charge in [-0.2, -0.15) is 0 Å². The van der Waals surface area contributed by atoms with Crippen LogP contribution < -0.4 is 5.32 Å². The van der Waals surface area contributed by atoms with Crippen molar-refractivity contribution in [2.24, 2.45) is 0 Å². The molecular weight excluding hydrogens is 887 g/mol. The highest BCUT2D eigenvalue weighted by molar-refractivity contribution is 5.76. The van der Waals surface area contributed by atoms with Crippen LogP contribution in [0.15, 0.2) is 12.2 Å². The predicted octanol–water partition coefficient (Wildman–Crippen LogP) is 20.8. The van der Waals surface area contributed by atoms with Gasteiger partial charge >= 0.3 is 5.97 Å². The molecule has 0 saturated heterocycles. The molecule has 0 heterocycles. The molecule has 0 aliphatic rings. The van der Waals surface area contributed by atoms with Gasteiger partial charge in [-0.25, -0.2) is 0 Å². The maximum atomic E-state index is 12.5. The smallest absolute Gasteiger partial charge is 0.305 e. The fourth-order valence-electron chi connectivity index (χ4n) is 10.5. The summed E-state index contributed by atoms with van der Waals surface area (Å²) in [6.07, 6.45) is 75.1. The van der Waals surface area contributed by atoms with Crippen molar-refractivity contribution < 1.29 is 24.5 Å². The summed E-state index contributed by atoms with van der Waals surface area (Å²) in [5.41, 5.74) is 0. The summed E-state index contributed by atoms with van der Waals surface area (Å²) in [5.74, 6) is -0.0368. The maximum absolute atomic E-state index is 12.5. The molecule has 0 spiro atoms. The van der Waals surface area contributed by atoms with E-state index in [4.69, 9.17) is 4.74 Å². The molecular formula is C66H129NO5. The van der Waals surface area contributed by atoms with Gasteiger partial charge in [-0.3, -0.25) is 9.59 Å². The SMILES string of the molecule is CCCCCCCCCCCCCCCCCCCCCC(O)C(CO)NC(=O)CCCCCCC/C=C\CCCCCCCCCCCOC(=O)CCCCCCCCCCCCCCCCCCCC. The van der Waals surface area contributed by atoms with Crippen LogP contribution in [0.25, 0.3) is 0 Å². The number of allylic oxidation sites excluding steroid dienone is 2. The summed E-state index contributed by atoms with van der Waals surface area (Å²) >= 11 is 0. The number of nitrogens with one attached hydrogen (secondary N) is 1. The van der Waals surface area contributed by atoms with E-state index in [9.17, 15) is 19.8 Å². The molecule has 72 heavy (non-hydrogen) atoms. The monoisotopic (exact) mass is 1020 g/mol. The lowest BCUT2D eigenvalue weighted by molar-refractivity contribution is -0.143. The summed E-state index contributed by atoms with van der Waals surface area (Å²) in [4.78, 5) is 24.6. The average molecular weight is 1020 g/mol. The van der Waals surface area contributed by atoms with Crippen LogP contribution in [0.3, 0.4) is 0 Å². The number of unbranched alkanes of at least 4 members (excludes halogenated alkanes) is 49. The Labute approximate surface area is 450 Å². The predicted molar refractivity (Wildman–Crippen MR) is 315 cm³/mol. The van der Waals surface area contributed by atoms with Crippen LogP contribution >= 0.6 is 0 Å². The highest BCUT2D eigenvalue weighted by Gasteiger charge is 2.20. The van der Waals surface area contributed by atoms with Gasteiger partial charge in [0.1, 0.15) is 0 Å². The quantitative estimate of drug-likeness (QED) is 0.0320. The first kappa shape index (κ1) is 70.6. The van der Waals surface area contributed by atoms with Gasteiger partial charge < -0.3 is 20.3 Å². The van der Waals surface area contributed by atoms with Gasteiger partial charge in [0.25, 0.3) is 0 Å². The van der Waals surface area contributed by atoms with Crippen molar-refractivity contribution >= 4 is 11.9 Å². The zero-order valence-corrected chi connectivity index (χ0v) is 48.9. The second-order valence-corrected chi connectivity index (χ2v) is 22.8. The Balaban J connectivity index is 3.42. The molecule has 1 amide bonds. The van der Waals surface area contributed by atoms with Crippen LogP contribution in [0.4, 0.5) is 0 Å². The van der Waals surface area contributed by atoms with Crippen LogP contribution in [0.2, 0.25) is 0 Å². The van der Waals surface area contributed by atoms with Gasteiger partial charge in [0.15, 0.2) is 0 Å². The number of rotatable bonds is 62. The molecule has 428 valence electrons. The molecule has 0 bridgehead atoms. The van der Waals surface area contributed by atoms with Crippen LogP contribution in [-0.2, 0) is 14.3 Å². The highest BCUT2D eigenvalue weighted by atomic mass is 16.5. The van der Waals surface area contributed by atoms with Gasteiger partial charge in [-0.15, -0.1) is 0 Å². The Morgan fingerprint density at radius 3 is 0.986 bits per heavy atom. The van der Waals surface area contributed by atoms with E-state index in [1.165, 1.54) is 289 Å². The largest absolute Gasteiger partial charge is 0.466 e. The van der Waals surface area contributed by atoms with Crippen molar-refractivity contribution in [2.75, 3.05) is 13.2 Å². The Bertz CT molecular complexity index is 1080. The third kappa shape index (κ3) is 57.9. The number of esters is 1. The molecule has 0 aromatic rings. The van der Waals surface area contributed by atoms with E-state index in [1.54, 1.807) is 0 Å². The molecule has 0 aromatic heterocycles. The number of aliphatic hydroxyl groups excluding tert-OH is 2. The molecule has 0 fully saturated rings. The number of ether oxygens (including phenoxy) is 1. The molecule has 0 saturated carbocycles. The summed E-state index contributed by atoms with van der Waals surface area (Å²) in [7, 11) is 0. The molecule has 0 radical (unpaired) electrons. The van der Waals surface area contributed by atoms with Crippen LogP contribution in [-0.4, -0.2) is 47.4 Å². The van der Waals surface area contributed by atoms with E-state index < -0.39 is 12.1 Å². The summed E-state index contributed by atoms with van der Waals surface area (Å²) < 4.78 is 5.50. The number of hydrogen-bond acceptors (Lipinski definition) is 5. The van der Waals surface area contributed by atoms with E-state index >= 15 is 0 Å². The lowest BCUT2D eigenvalue weighted by Crippen LogP contribution is -2.45. The average Bonchev–Trinajstić information content (AvgIpc) is 3.38. The van der Waals surface area contributed by atoms with Gasteiger partial charge in [-0.05, 0) is 51.4 Å². The molecule has 6 heteroatoms.